The molecule has 1 fully saturated rings. The molecule has 0 radical (unpaired) electrons. The second-order valence-corrected chi connectivity index (χ2v) is 7.64. The van der Waals surface area contributed by atoms with Crippen LogP contribution in [0.1, 0.15) is 51.0 Å². The SMILES string of the molecule is CC(=CC(O)Oc1cccc(C(F)(F)F)c1)C1CCC(=O)C1CCC=CCCC(=O)O. The van der Waals surface area contributed by atoms with Crippen LogP contribution in [-0.2, 0) is 15.8 Å². The summed E-state index contributed by atoms with van der Waals surface area (Å²) < 4.78 is 43.7. The average Bonchev–Trinajstić information content (AvgIpc) is 3.04. The maximum absolute atomic E-state index is 12.8. The Morgan fingerprint density at radius 3 is 2.68 bits per heavy atom. The number of carbonyl (C=O) groups is 2. The number of ether oxygens (including phenoxy) is 1. The van der Waals surface area contributed by atoms with Crippen LogP contribution in [0, 0.1) is 11.8 Å². The van der Waals surface area contributed by atoms with Crippen molar-refractivity contribution in [1.29, 1.82) is 0 Å². The molecular formula is C23H27F3O5. The molecule has 2 rings (SSSR count). The van der Waals surface area contributed by atoms with Crippen LogP contribution >= 0.6 is 0 Å². The van der Waals surface area contributed by atoms with E-state index in [-0.39, 0.29) is 29.8 Å². The Morgan fingerprint density at radius 2 is 2.00 bits per heavy atom. The fraction of sp³-hybridized carbons (Fsp3) is 0.478. The van der Waals surface area contributed by atoms with Gasteiger partial charge in [0, 0.05) is 18.8 Å². The van der Waals surface area contributed by atoms with Crippen LogP contribution in [0.2, 0.25) is 0 Å². The number of alkyl halides is 3. The van der Waals surface area contributed by atoms with Gasteiger partial charge in [-0.05, 0) is 62.8 Å². The van der Waals surface area contributed by atoms with Crippen LogP contribution in [0.15, 0.2) is 48.1 Å². The van der Waals surface area contributed by atoms with Gasteiger partial charge in [-0.15, -0.1) is 0 Å². The minimum atomic E-state index is -4.50. The van der Waals surface area contributed by atoms with Crippen molar-refractivity contribution >= 4 is 11.8 Å². The van der Waals surface area contributed by atoms with Crippen molar-refractivity contribution in [2.24, 2.45) is 11.8 Å². The number of aliphatic carboxylic acids is 1. The Labute approximate surface area is 179 Å². The molecular weight excluding hydrogens is 413 g/mol. The summed E-state index contributed by atoms with van der Waals surface area (Å²) >= 11 is 0. The van der Waals surface area contributed by atoms with Gasteiger partial charge in [0.25, 0.3) is 0 Å². The van der Waals surface area contributed by atoms with E-state index in [1.165, 1.54) is 18.2 Å². The maximum atomic E-state index is 12.8. The predicted octanol–water partition coefficient (Wildman–Crippen LogP) is 5.15. The lowest BCUT2D eigenvalue weighted by Gasteiger charge is -2.20. The first-order valence-corrected chi connectivity index (χ1v) is 10.2. The number of allylic oxidation sites excluding steroid dienone is 3. The number of ketones is 1. The van der Waals surface area contributed by atoms with E-state index < -0.39 is 24.0 Å². The van der Waals surface area contributed by atoms with Crippen molar-refractivity contribution in [3.63, 3.8) is 0 Å². The number of carboxylic acids is 1. The number of benzene rings is 1. The number of aliphatic hydroxyl groups is 1. The van der Waals surface area contributed by atoms with Crippen LogP contribution in [0.25, 0.3) is 0 Å². The third-order valence-electron chi connectivity index (χ3n) is 5.35. The van der Waals surface area contributed by atoms with Gasteiger partial charge in [0.15, 0.2) is 0 Å². The number of Topliss-reactive ketones (excluding diaryl/α,β-unsaturated/α-hetero) is 1. The second kappa shape index (κ2) is 11.1. The third kappa shape index (κ3) is 7.86. The van der Waals surface area contributed by atoms with E-state index in [2.05, 4.69) is 0 Å². The first-order chi connectivity index (χ1) is 14.6. The van der Waals surface area contributed by atoms with E-state index in [9.17, 15) is 27.9 Å². The van der Waals surface area contributed by atoms with E-state index in [4.69, 9.17) is 9.84 Å². The lowest BCUT2D eigenvalue weighted by atomic mass is 9.85. The molecule has 0 amide bonds. The van der Waals surface area contributed by atoms with Gasteiger partial charge in [-0.25, -0.2) is 0 Å². The van der Waals surface area contributed by atoms with Crippen molar-refractivity contribution < 1.29 is 37.7 Å². The summed E-state index contributed by atoms with van der Waals surface area (Å²) in [5.41, 5.74) is -0.110. The zero-order valence-electron chi connectivity index (χ0n) is 17.3. The molecule has 0 aromatic heterocycles. The van der Waals surface area contributed by atoms with Crippen LogP contribution < -0.4 is 4.74 Å². The molecule has 8 heteroatoms. The molecule has 0 saturated heterocycles. The number of hydrogen-bond acceptors (Lipinski definition) is 4. The summed E-state index contributed by atoms with van der Waals surface area (Å²) in [5.74, 6) is -1.09. The van der Waals surface area contributed by atoms with E-state index in [1.54, 1.807) is 13.0 Å². The molecule has 0 bridgehead atoms. The monoisotopic (exact) mass is 440 g/mol. The molecule has 0 heterocycles. The summed E-state index contributed by atoms with van der Waals surface area (Å²) in [7, 11) is 0. The fourth-order valence-electron chi connectivity index (χ4n) is 3.80. The van der Waals surface area contributed by atoms with Gasteiger partial charge >= 0.3 is 12.1 Å². The summed E-state index contributed by atoms with van der Waals surface area (Å²) in [5, 5.41) is 18.8. The van der Waals surface area contributed by atoms with Gasteiger partial charge in [-0.1, -0.05) is 23.8 Å². The largest absolute Gasteiger partial charge is 0.481 e. The molecule has 170 valence electrons. The Hall–Kier alpha value is -2.61. The normalized spacial score (nSPS) is 20.9. The molecule has 0 aliphatic heterocycles. The minimum absolute atomic E-state index is 0.0626. The summed E-state index contributed by atoms with van der Waals surface area (Å²) in [6, 6.07) is 4.29. The molecule has 1 aromatic carbocycles. The van der Waals surface area contributed by atoms with Crippen molar-refractivity contribution in [3.8, 4) is 5.75 Å². The smallest absolute Gasteiger partial charge is 0.416 e. The molecule has 0 spiro atoms. The minimum Gasteiger partial charge on any atom is -0.481 e. The van der Waals surface area contributed by atoms with Gasteiger partial charge in [0.2, 0.25) is 6.29 Å². The summed E-state index contributed by atoms with van der Waals surface area (Å²) in [6.07, 6.45) is 1.99. The highest BCUT2D eigenvalue weighted by Gasteiger charge is 2.35. The first kappa shape index (κ1) is 24.7. The molecule has 3 atom stereocenters. The maximum Gasteiger partial charge on any atom is 0.416 e. The van der Waals surface area contributed by atoms with Crippen molar-refractivity contribution in [2.45, 2.75) is 57.9 Å². The lowest BCUT2D eigenvalue weighted by Crippen LogP contribution is -2.19. The second-order valence-electron chi connectivity index (χ2n) is 7.64. The number of aliphatic hydroxyl groups excluding tert-OH is 1. The fourth-order valence-corrected chi connectivity index (χ4v) is 3.80. The predicted molar refractivity (Wildman–Crippen MR) is 108 cm³/mol. The Morgan fingerprint density at radius 1 is 1.29 bits per heavy atom. The lowest BCUT2D eigenvalue weighted by molar-refractivity contribution is -0.138. The number of carbonyl (C=O) groups excluding carboxylic acids is 1. The number of rotatable bonds is 10. The molecule has 5 nitrogen and oxygen atoms in total. The molecule has 2 N–H and O–H groups in total. The topological polar surface area (TPSA) is 83.8 Å². The highest BCUT2D eigenvalue weighted by atomic mass is 19.4. The van der Waals surface area contributed by atoms with Crippen LogP contribution in [-0.4, -0.2) is 28.3 Å². The first-order valence-electron chi connectivity index (χ1n) is 10.2. The van der Waals surface area contributed by atoms with Crippen molar-refractivity contribution in [2.75, 3.05) is 0 Å². The van der Waals surface area contributed by atoms with Crippen LogP contribution in [0.3, 0.4) is 0 Å². The zero-order valence-corrected chi connectivity index (χ0v) is 17.3. The average molecular weight is 440 g/mol. The van der Waals surface area contributed by atoms with Crippen LogP contribution in [0.5, 0.6) is 5.75 Å². The standard InChI is InChI=1S/C23H27F3O5/c1-15(13-22(30)31-17-8-6-7-16(14-17)23(24,25)26)18-11-12-20(27)19(18)9-4-2-3-5-10-21(28)29/h2-3,6-8,13-14,18-19,22,30H,4-5,9-12H2,1H3,(H,28,29). The summed E-state index contributed by atoms with van der Waals surface area (Å²) in [4.78, 5) is 22.8. The highest BCUT2D eigenvalue weighted by Crippen LogP contribution is 2.37. The van der Waals surface area contributed by atoms with Gasteiger partial charge in [-0.3, -0.25) is 9.59 Å². The Bertz CT molecular complexity index is 829. The van der Waals surface area contributed by atoms with E-state index in [0.29, 0.717) is 32.1 Å². The van der Waals surface area contributed by atoms with E-state index in [1.807, 2.05) is 6.08 Å². The Kier molecular flexibility index (Phi) is 8.86. The number of carboxylic acid groups (broad SMARTS) is 1. The quantitative estimate of drug-likeness (QED) is 0.389. The molecule has 1 saturated carbocycles. The van der Waals surface area contributed by atoms with Crippen LogP contribution in [0.4, 0.5) is 13.2 Å². The molecule has 3 unspecified atom stereocenters. The van der Waals surface area contributed by atoms with Gasteiger partial charge in [-0.2, -0.15) is 13.2 Å². The van der Waals surface area contributed by atoms with Crippen molar-refractivity contribution in [1.82, 2.24) is 0 Å². The zero-order chi connectivity index (χ0) is 23.0. The van der Waals surface area contributed by atoms with Crippen molar-refractivity contribution in [3.05, 3.63) is 53.6 Å². The van der Waals surface area contributed by atoms with Gasteiger partial charge in [0.05, 0.1) is 5.56 Å². The van der Waals surface area contributed by atoms with E-state index in [0.717, 1.165) is 17.7 Å². The molecule has 1 aliphatic rings. The Balaban J connectivity index is 1.95. The van der Waals surface area contributed by atoms with E-state index >= 15 is 0 Å². The highest BCUT2D eigenvalue weighted by molar-refractivity contribution is 5.84. The van der Waals surface area contributed by atoms with Gasteiger partial charge in [0.1, 0.15) is 11.5 Å². The summed E-state index contributed by atoms with van der Waals surface area (Å²) in [6.45, 7) is 1.78. The number of halogens is 3. The molecule has 1 aliphatic carbocycles. The molecule has 1 aromatic rings. The molecule has 31 heavy (non-hydrogen) atoms. The van der Waals surface area contributed by atoms with Gasteiger partial charge < -0.3 is 14.9 Å². The third-order valence-corrected chi connectivity index (χ3v) is 5.35. The number of hydrogen-bond donors (Lipinski definition) is 2.